The number of nitrogens with one attached hydrogen (secondary N) is 1. The SMILES string of the molecule is CNC(=O)c1ccn(-c2ncc(F)cc2C(=O)O)n1. The van der Waals surface area contributed by atoms with Crippen molar-refractivity contribution in [2.75, 3.05) is 7.05 Å². The van der Waals surface area contributed by atoms with Gasteiger partial charge in [0.2, 0.25) is 0 Å². The topological polar surface area (TPSA) is 97.1 Å². The minimum atomic E-state index is -1.33. The van der Waals surface area contributed by atoms with Gasteiger partial charge < -0.3 is 10.4 Å². The lowest BCUT2D eigenvalue weighted by molar-refractivity contribution is 0.0695. The van der Waals surface area contributed by atoms with Gasteiger partial charge in [0.1, 0.15) is 11.4 Å². The van der Waals surface area contributed by atoms with Crippen LogP contribution in [-0.2, 0) is 0 Å². The highest BCUT2D eigenvalue weighted by molar-refractivity contribution is 5.92. The molecule has 0 aliphatic heterocycles. The number of carbonyl (C=O) groups is 2. The van der Waals surface area contributed by atoms with Crippen molar-refractivity contribution in [1.82, 2.24) is 20.1 Å². The fourth-order valence-electron chi connectivity index (χ4n) is 1.46. The number of carbonyl (C=O) groups excluding carboxylic acids is 1. The molecule has 0 radical (unpaired) electrons. The number of nitrogens with zero attached hydrogens (tertiary/aromatic N) is 3. The number of carboxylic acids is 1. The summed E-state index contributed by atoms with van der Waals surface area (Å²) in [5.74, 6) is -2.58. The van der Waals surface area contributed by atoms with Crippen LogP contribution < -0.4 is 5.32 Å². The van der Waals surface area contributed by atoms with Crippen LogP contribution in [-0.4, -0.2) is 38.8 Å². The second-order valence-electron chi connectivity index (χ2n) is 3.55. The van der Waals surface area contributed by atoms with Gasteiger partial charge in [0.05, 0.1) is 6.20 Å². The Kier molecular flexibility index (Phi) is 3.23. The minimum Gasteiger partial charge on any atom is -0.478 e. The van der Waals surface area contributed by atoms with Crippen LogP contribution >= 0.6 is 0 Å². The first-order valence-corrected chi connectivity index (χ1v) is 5.20. The molecule has 0 spiro atoms. The third kappa shape index (κ3) is 2.41. The summed E-state index contributed by atoms with van der Waals surface area (Å²) in [6.07, 6.45) is 2.25. The lowest BCUT2D eigenvalue weighted by atomic mass is 10.2. The van der Waals surface area contributed by atoms with Crippen LogP contribution in [0.3, 0.4) is 0 Å². The molecule has 2 aromatic heterocycles. The molecule has 7 nitrogen and oxygen atoms in total. The Morgan fingerprint density at radius 3 is 2.84 bits per heavy atom. The Morgan fingerprint density at radius 2 is 2.21 bits per heavy atom. The van der Waals surface area contributed by atoms with Gasteiger partial charge in [0, 0.05) is 13.2 Å². The molecule has 0 aliphatic carbocycles. The van der Waals surface area contributed by atoms with Crippen LogP contribution in [0.4, 0.5) is 4.39 Å². The Bertz CT molecular complexity index is 653. The van der Waals surface area contributed by atoms with Crippen molar-refractivity contribution in [3.8, 4) is 5.82 Å². The molecule has 2 aromatic rings. The molecular formula is C11H9FN4O3. The maximum Gasteiger partial charge on any atom is 0.339 e. The fraction of sp³-hybridized carbons (Fsp3) is 0.0909. The summed E-state index contributed by atoms with van der Waals surface area (Å²) in [7, 11) is 1.44. The van der Waals surface area contributed by atoms with Crippen LogP contribution in [0.1, 0.15) is 20.8 Å². The molecule has 0 saturated carbocycles. The number of aromatic carboxylic acids is 1. The fourth-order valence-corrected chi connectivity index (χ4v) is 1.46. The van der Waals surface area contributed by atoms with E-state index in [0.717, 1.165) is 16.9 Å². The van der Waals surface area contributed by atoms with E-state index >= 15 is 0 Å². The molecule has 19 heavy (non-hydrogen) atoms. The second kappa shape index (κ2) is 4.84. The van der Waals surface area contributed by atoms with Crippen molar-refractivity contribution >= 4 is 11.9 Å². The Morgan fingerprint density at radius 1 is 1.47 bits per heavy atom. The average molecular weight is 264 g/mol. The van der Waals surface area contributed by atoms with E-state index in [0.29, 0.717) is 0 Å². The summed E-state index contributed by atoms with van der Waals surface area (Å²) in [5, 5.41) is 15.2. The average Bonchev–Trinajstić information content (AvgIpc) is 2.87. The summed E-state index contributed by atoms with van der Waals surface area (Å²) in [6.45, 7) is 0. The van der Waals surface area contributed by atoms with E-state index < -0.39 is 17.7 Å². The van der Waals surface area contributed by atoms with Gasteiger partial charge in [-0.1, -0.05) is 0 Å². The molecule has 0 aliphatic rings. The van der Waals surface area contributed by atoms with Crippen molar-refractivity contribution in [3.05, 3.63) is 41.6 Å². The molecule has 0 aromatic carbocycles. The van der Waals surface area contributed by atoms with Crippen LogP contribution in [0.5, 0.6) is 0 Å². The zero-order valence-electron chi connectivity index (χ0n) is 9.79. The molecule has 8 heteroatoms. The minimum absolute atomic E-state index is 0.0657. The molecule has 0 unspecified atom stereocenters. The number of amides is 1. The van der Waals surface area contributed by atoms with Crippen LogP contribution in [0.15, 0.2) is 24.5 Å². The number of rotatable bonds is 3. The quantitative estimate of drug-likeness (QED) is 0.839. The number of pyridine rings is 1. The van der Waals surface area contributed by atoms with Crippen LogP contribution in [0.2, 0.25) is 0 Å². The van der Waals surface area contributed by atoms with Crippen molar-refractivity contribution in [2.45, 2.75) is 0 Å². The summed E-state index contributed by atoms with van der Waals surface area (Å²) in [4.78, 5) is 26.0. The zero-order valence-corrected chi connectivity index (χ0v) is 9.79. The predicted octanol–water partition coefficient (Wildman–Crippen LogP) is 0.464. The molecule has 0 saturated heterocycles. The van der Waals surface area contributed by atoms with Gasteiger partial charge in [-0.15, -0.1) is 0 Å². The monoisotopic (exact) mass is 264 g/mol. The summed E-state index contributed by atoms with van der Waals surface area (Å²) >= 11 is 0. The molecule has 2 rings (SSSR count). The maximum atomic E-state index is 13.0. The maximum absolute atomic E-state index is 13.0. The van der Waals surface area contributed by atoms with E-state index in [-0.39, 0.29) is 17.1 Å². The molecular weight excluding hydrogens is 255 g/mol. The van der Waals surface area contributed by atoms with Gasteiger partial charge in [0.15, 0.2) is 11.5 Å². The van der Waals surface area contributed by atoms with Gasteiger partial charge in [-0.05, 0) is 12.1 Å². The number of halogens is 1. The van der Waals surface area contributed by atoms with E-state index in [1.54, 1.807) is 0 Å². The largest absolute Gasteiger partial charge is 0.478 e. The van der Waals surface area contributed by atoms with Crippen LogP contribution in [0, 0.1) is 5.82 Å². The van der Waals surface area contributed by atoms with Crippen molar-refractivity contribution in [1.29, 1.82) is 0 Å². The van der Waals surface area contributed by atoms with Gasteiger partial charge >= 0.3 is 5.97 Å². The first kappa shape index (κ1) is 12.7. The van der Waals surface area contributed by atoms with Gasteiger partial charge in [-0.3, -0.25) is 4.79 Å². The Hall–Kier alpha value is -2.77. The number of hydrogen-bond acceptors (Lipinski definition) is 4. The zero-order chi connectivity index (χ0) is 14.0. The van der Waals surface area contributed by atoms with E-state index in [4.69, 9.17) is 5.11 Å². The first-order chi connectivity index (χ1) is 9.02. The van der Waals surface area contributed by atoms with Crippen molar-refractivity contribution in [3.63, 3.8) is 0 Å². The van der Waals surface area contributed by atoms with Gasteiger partial charge in [0.25, 0.3) is 5.91 Å². The number of aromatic nitrogens is 3. The highest BCUT2D eigenvalue weighted by atomic mass is 19.1. The normalized spacial score (nSPS) is 10.2. The van der Waals surface area contributed by atoms with E-state index in [1.807, 2.05) is 0 Å². The molecule has 0 atom stereocenters. The lowest BCUT2D eigenvalue weighted by Gasteiger charge is -2.04. The highest BCUT2D eigenvalue weighted by Crippen LogP contribution is 2.13. The molecule has 0 fully saturated rings. The van der Waals surface area contributed by atoms with E-state index in [1.165, 1.54) is 19.3 Å². The number of hydrogen-bond donors (Lipinski definition) is 2. The third-order valence-corrected chi connectivity index (χ3v) is 2.33. The van der Waals surface area contributed by atoms with Gasteiger partial charge in [-0.25, -0.2) is 18.9 Å². The molecule has 2 heterocycles. The Labute approximate surface area is 106 Å². The van der Waals surface area contributed by atoms with Crippen molar-refractivity contribution in [2.24, 2.45) is 0 Å². The number of carboxylic acid groups (broad SMARTS) is 1. The molecule has 2 N–H and O–H groups in total. The van der Waals surface area contributed by atoms with E-state index in [9.17, 15) is 14.0 Å². The summed E-state index contributed by atoms with van der Waals surface area (Å²) < 4.78 is 14.1. The third-order valence-electron chi connectivity index (χ3n) is 2.33. The highest BCUT2D eigenvalue weighted by Gasteiger charge is 2.16. The van der Waals surface area contributed by atoms with Crippen molar-refractivity contribution < 1.29 is 19.1 Å². The standard InChI is InChI=1S/C11H9FN4O3/c1-13-10(17)8-2-3-16(15-8)9-7(11(18)19)4-6(12)5-14-9/h2-5H,1H3,(H,13,17)(H,18,19). The Balaban J connectivity index is 2.50. The smallest absolute Gasteiger partial charge is 0.339 e. The second-order valence-corrected chi connectivity index (χ2v) is 3.55. The first-order valence-electron chi connectivity index (χ1n) is 5.20. The predicted molar refractivity (Wildman–Crippen MR) is 61.7 cm³/mol. The van der Waals surface area contributed by atoms with Gasteiger partial charge in [-0.2, -0.15) is 5.10 Å². The summed E-state index contributed by atoms with van der Waals surface area (Å²) in [6, 6.07) is 2.24. The summed E-state index contributed by atoms with van der Waals surface area (Å²) in [5.41, 5.74) is -0.239. The molecule has 1 amide bonds. The molecule has 98 valence electrons. The molecule has 0 bridgehead atoms. The van der Waals surface area contributed by atoms with E-state index in [2.05, 4.69) is 15.4 Å². The van der Waals surface area contributed by atoms with Crippen LogP contribution in [0.25, 0.3) is 5.82 Å². The lowest BCUT2D eigenvalue weighted by Crippen LogP contribution is -2.19.